The molecule has 0 saturated carbocycles. The third-order valence-corrected chi connectivity index (χ3v) is 5.14. The first-order chi connectivity index (χ1) is 17.9. The zero-order valence-electron chi connectivity index (χ0n) is 19.8. The zero-order chi connectivity index (χ0) is 26.5. The number of aliphatic imine (C=N–C) groups is 1. The van der Waals surface area contributed by atoms with Gasteiger partial charge in [0, 0.05) is 11.3 Å². The van der Waals surface area contributed by atoms with Crippen molar-refractivity contribution in [1.29, 1.82) is 0 Å². The second-order valence-corrected chi connectivity index (χ2v) is 7.89. The lowest BCUT2D eigenvalue weighted by Crippen LogP contribution is -2.39. The number of hydrogen-bond donors (Lipinski definition) is 5. The molecule has 10 nitrogen and oxygen atoms in total. The largest absolute Gasteiger partial charge is 0.481 e. The minimum Gasteiger partial charge on any atom is -0.481 e. The van der Waals surface area contributed by atoms with Gasteiger partial charge < -0.3 is 21.1 Å². The molecule has 1 unspecified atom stereocenters. The van der Waals surface area contributed by atoms with E-state index in [4.69, 9.17) is 6.57 Å². The van der Waals surface area contributed by atoms with Crippen molar-refractivity contribution in [3.8, 4) is 0 Å². The van der Waals surface area contributed by atoms with Crippen LogP contribution < -0.4 is 21.4 Å². The summed E-state index contributed by atoms with van der Waals surface area (Å²) < 4.78 is 0. The molecule has 0 aromatic heterocycles. The Morgan fingerprint density at radius 2 is 1.65 bits per heavy atom. The second-order valence-electron chi connectivity index (χ2n) is 7.89. The molecule has 0 bridgehead atoms. The molecule has 3 rings (SSSR count). The maximum atomic E-state index is 12.6. The van der Waals surface area contributed by atoms with Crippen LogP contribution in [0.5, 0.6) is 0 Å². The maximum Gasteiger partial charge on any atom is 0.305 e. The topological polar surface area (TPSA) is 136 Å². The van der Waals surface area contributed by atoms with Crippen LogP contribution in [0.4, 0.5) is 5.69 Å². The highest BCUT2D eigenvalue weighted by Crippen LogP contribution is 2.16. The number of anilines is 1. The molecule has 0 fully saturated rings. The van der Waals surface area contributed by atoms with E-state index in [1.165, 1.54) is 0 Å². The van der Waals surface area contributed by atoms with Gasteiger partial charge in [-0.25, -0.2) is 4.99 Å². The molecule has 0 spiro atoms. The average Bonchev–Trinajstić information content (AvgIpc) is 2.91. The molecule has 0 aliphatic rings. The summed E-state index contributed by atoms with van der Waals surface area (Å²) in [5, 5.41) is 17.4. The van der Waals surface area contributed by atoms with Crippen LogP contribution in [0.15, 0.2) is 89.9 Å². The summed E-state index contributed by atoms with van der Waals surface area (Å²) in [6.45, 7) is 7.11. The first-order valence-electron chi connectivity index (χ1n) is 11.4. The molecule has 2 amide bonds. The quantitative estimate of drug-likeness (QED) is 0.126. The number of carboxylic acids is 1. The third kappa shape index (κ3) is 8.84. The van der Waals surface area contributed by atoms with Crippen LogP contribution in [-0.2, 0) is 16.1 Å². The monoisotopic (exact) mass is 498 g/mol. The van der Waals surface area contributed by atoms with Crippen molar-refractivity contribution >= 4 is 29.4 Å². The van der Waals surface area contributed by atoms with E-state index in [0.29, 0.717) is 17.8 Å². The van der Waals surface area contributed by atoms with Crippen LogP contribution in [0.1, 0.15) is 33.9 Å². The van der Waals surface area contributed by atoms with E-state index < -0.39 is 23.8 Å². The summed E-state index contributed by atoms with van der Waals surface area (Å²) in [6.07, 6.45) is -0.287. The molecule has 0 saturated heterocycles. The second kappa shape index (κ2) is 13.7. The van der Waals surface area contributed by atoms with E-state index >= 15 is 0 Å². The van der Waals surface area contributed by atoms with Crippen molar-refractivity contribution in [1.82, 2.24) is 16.1 Å². The van der Waals surface area contributed by atoms with Crippen LogP contribution in [0.3, 0.4) is 0 Å². The molecule has 1 atom stereocenters. The van der Waals surface area contributed by atoms with Gasteiger partial charge in [-0.05, 0) is 29.3 Å². The first-order valence-corrected chi connectivity index (χ1v) is 11.4. The maximum absolute atomic E-state index is 12.6. The number of aliphatic carboxylic acids is 1. The fraction of sp³-hybridized carbons (Fsp3) is 0.148. The van der Waals surface area contributed by atoms with Crippen LogP contribution in [0.25, 0.3) is 4.95 Å². The molecule has 0 aliphatic heterocycles. The first kappa shape index (κ1) is 26.4. The summed E-state index contributed by atoms with van der Waals surface area (Å²) in [7, 11) is 0. The fourth-order valence-electron chi connectivity index (χ4n) is 3.40. The predicted octanol–water partition coefficient (Wildman–Crippen LogP) is 3.14. The molecular weight excluding hydrogens is 472 g/mol. The van der Waals surface area contributed by atoms with Gasteiger partial charge in [-0.2, -0.15) is 11.5 Å². The van der Waals surface area contributed by atoms with E-state index in [1.54, 1.807) is 54.6 Å². The Hall–Kier alpha value is -5.17. The highest BCUT2D eigenvalue weighted by atomic mass is 16.4. The van der Waals surface area contributed by atoms with Gasteiger partial charge in [-0.3, -0.25) is 14.4 Å². The molecule has 0 aliphatic carbocycles. The number of rotatable bonds is 10. The number of carbonyl (C=O) groups excluding carboxylic acids is 2. The van der Waals surface area contributed by atoms with Crippen molar-refractivity contribution in [2.24, 2.45) is 4.99 Å². The minimum atomic E-state index is -1.05. The van der Waals surface area contributed by atoms with Crippen LogP contribution in [0.2, 0.25) is 0 Å². The predicted molar refractivity (Wildman–Crippen MR) is 139 cm³/mol. The Morgan fingerprint density at radius 1 is 0.946 bits per heavy atom. The van der Waals surface area contributed by atoms with Gasteiger partial charge in [0.15, 0.2) is 0 Å². The molecule has 0 heterocycles. The smallest absolute Gasteiger partial charge is 0.305 e. The van der Waals surface area contributed by atoms with Crippen LogP contribution in [-0.4, -0.2) is 35.4 Å². The minimum absolute atomic E-state index is 0.223. The van der Waals surface area contributed by atoms with E-state index in [2.05, 4.69) is 31.3 Å². The lowest BCUT2D eigenvalue weighted by atomic mass is 10.0. The van der Waals surface area contributed by atoms with Crippen molar-refractivity contribution in [3.63, 3.8) is 0 Å². The average molecular weight is 499 g/mol. The zero-order valence-corrected chi connectivity index (χ0v) is 19.8. The standard InChI is InChI=1S/C27H26N6O4/c1-28-33-27(30-17-19-9-4-2-5-10-19)31-22-14-8-13-21(15-22)26(37)29-18-24(34)32-23(16-25(35)36)20-11-6-3-7-12-20/h2-15,23H,16-18H2,(H,29,37)(H,32,34)(H,35,36)(H2,30,31,33). The van der Waals surface area contributed by atoms with E-state index in [9.17, 15) is 19.5 Å². The van der Waals surface area contributed by atoms with E-state index in [0.717, 1.165) is 5.56 Å². The van der Waals surface area contributed by atoms with Crippen molar-refractivity contribution in [2.45, 2.75) is 19.0 Å². The molecule has 5 N–H and O–H groups in total. The molecule has 0 radical (unpaired) electrons. The molecule has 3 aromatic rings. The Bertz CT molecular complexity index is 1290. The van der Waals surface area contributed by atoms with Crippen LogP contribution >= 0.6 is 0 Å². The van der Waals surface area contributed by atoms with Gasteiger partial charge in [0.1, 0.15) is 0 Å². The van der Waals surface area contributed by atoms with Gasteiger partial charge in [-0.1, -0.05) is 72.2 Å². The highest BCUT2D eigenvalue weighted by molar-refractivity contribution is 5.99. The number of hydrogen-bond acceptors (Lipinski definition) is 4. The molecule has 3 aromatic carbocycles. The van der Waals surface area contributed by atoms with E-state index in [1.807, 2.05) is 30.3 Å². The lowest BCUT2D eigenvalue weighted by molar-refractivity contribution is -0.137. The fourth-order valence-corrected chi connectivity index (χ4v) is 3.40. The van der Waals surface area contributed by atoms with E-state index in [-0.39, 0.29) is 24.5 Å². The summed E-state index contributed by atoms with van der Waals surface area (Å²) in [5.74, 6) is -1.84. The molecular formula is C27H26N6O4. The Labute approximate surface area is 214 Å². The van der Waals surface area contributed by atoms with Crippen molar-refractivity contribution < 1.29 is 19.5 Å². The van der Waals surface area contributed by atoms with Gasteiger partial charge in [-0.15, -0.1) is 0 Å². The number of carbonyl (C=O) groups is 3. The lowest BCUT2D eigenvalue weighted by Gasteiger charge is -2.17. The molecule has 37 heavy (non-hydrogen) atoms. The van der Waals surface area contributed by atoms with Gasteiger partial charge in [0.25, 0.3) is 11.9 Å². The van der Waals surface area contributed by atoms with Crippen molar-refractivity contribution in [2.75, 3.05) is 11.9 Å². The molecule has 188 valence electrons. The Balaban J connectivity index is 1.59. The van der Waals surface area contributed by atoms with Crippen LogP contribution in [0, 0.1) is 6.57 Å². The summed E-state index contributed by atoms with van der Waals surface area (Å²) in [4.78, 5) is 43.8. The number of nitrogens with zero attached hydrogens (tertiary/aromatic N) is 2. The van der Waals surface area contributed by atoms with Gasteiger partial charge in [0.2, 0.25) is 5.91 Å². The Morgan fingerprint density at radius 3 is 2.32 bits per heavy atom. The SMILES string of the molecule is [C-]#[N+]NC(=NCc1ccccc1)Nc1cccc(C(=O)NCC(=O)NC(CC(=O)O)c2ccccc2)c1. The third-order valence-electron chi connectivity index (χ3n) is 5.14. The number of guanidine groups is 1. The Kier molecular flexibility index (Phi) is 9.75. The number of nitrogens with one attached hydrogen (secondary N) is 4. The van der Waals surface area contributed by atoms with Crippen molar-refractivity contribution in [3.05, 3.63) is 113 Å². The normalized spacial score (nSPS) is 11.5. The number of benzene rings is 3. The van der Waals surface area contributed by atoms with Gasteiger partial charge in [0.05, 0.1) is 25.6 Å². The number of amides is 2. The summed E-state index contributed by atoms with van der Waals surface area (Å²) in [5.41, 5.74) is 4.90. The molecule has 10 heteroatoms. The highest BCUT2D eigenvalue weighted by Gasteiger charge is 2.18. The van der Waals surface area contributed by atoms with Gasteiger partial charge >= 0.3 is 5.97 Å². The summed E-state index contributed by atoms with van der Waals surface area (Å²) >= 11 is 0. The summed E-state index contributed by atoms with van der Waals surface area (Å²) in [6, 6.07) is 24.1. The number of carboxylic acid groups (broad SMARTS) is 1.